The summed E-state index contributed by atoms with van der Waals surface area (Å²) < 4.78 is 15.2. The van der Waals surface area contributed by atoms with E-state index in [0.29, 0.717) is 17.9 Å². The molecule has 0 unspecified atom stereocenters. The zero-order valence-electron chi connectivity index (χ0n) is 15.9. The number of methoxy groups -OCH3 is 1. The van der Waals surface area contributed by atoms with Crippen molar-refractivity contribution in [3.05, 3.63) is 59.7 Å². The summed E-state index contributed by atoms with van der Waals surface area (Å²) in [4.78, 5) is 35.8. The number of anilines is 1. The highest BCUT2D eigenvalue weighted by Gasteiger charge is 2.15. The van der Waals surface area contributed by atoms with Crippen molar-refractivity contribution in [3.63, 3.8) is 0 Å². The number of hydrogen-bond acceptors (Lipinski definition) is 6. The molecule has 0 spiro atoms. The maximum Gasteiger partial charge on any atom is 0.339 e. The molecule has 1 N–H and O–H groups in total. The van der Waals surface area contributed by atoms with Gasteiger partial charge in [-0.25, -0.2) is 9.59 Å². The van der Waals surface area contributed by atoms with E-state index in [0.717, 1.165) is 12.8 Å². The van der Waals surface area contributed by atoms with Crippen molar-refractivity contribution in [1.29, 1.82) is 0 Å². The summed E-state index contributed by atoms with van der Waals surface area (Å²) in [6, 6.07) is 12.9. The van der Waals surface area contributed by atoms with E-state index in [4.69, 9.17) is 9.47 Å². The van der Waals surface area contributed by atoms with Crippen LogP contribution in [0.25, 0.3) is 0 Å². The molecule has 0 bridgehead atoms. The Hall–Kier alpha value is -3.35. The third kappa shape index (κ3) is 6.12. The number of hydrogen-bond donors (Lipinski definition) is 1. The zero-order valence-corrected chi connectivity index (χ0v) is 15.9. The molecule has 0 radical (unpaired) electrons. The molecule has 1 amide bonds. The summed E-state index contributed by atoms with van der Waals surface area (Å²) in [6.07, 6.45) is 1.99. The molecule has 0 aliphatic heterocycles. The maximum atomic E-state index is 12.1. The van der Waals surface area contributed by atoms with Crippen molar-refractivity contribution in [2.45, 2.75) is 19.8 Å². The molecule has 2 rings (SSSR count). The fourth-order valence-electron chi connectivity index (χ4n) is 2.30. The third-order valence-electron chi connectivity index (χ3n) is 3.80. The van der Waals surface area contributed by atoms with Crippen LogP contribution in [-0.4, -0.2) is 38.2 Å². The average molecular weight is 385 g/mol. The van der Waals surface area contributed by atoms with E-state index in [-0.39, 0.29) is 11.3 Å². The summed E-state index contributed by atoms with van der Waals surface area (Å²) >= 11 is 0. The summed E-state index contributed by atoms with van der Waals surface area (Å²) in [6.45, 7) is 2.21. The van der Waals surface area contributed by atoms with Crippen molar-refractivity contribution in [2.24, 2.45) is 0 Å². The molecule has 0 aliphatic rings. The zero-order chi connectivity index (χ0) is 20.4. The van der Waals surface area contributed by atoms with E-state index < -0.39 is 24.5 Å². The van der Waals surface area contributed by atoms with Gasteiger partial charge in [-0.3, -0.25) is 4.79 Å². The number of esters is 2. The van der Waals surface area contributed by atoms with Gasteiger partial charge in [0.05, 0.1) is 30.5 Å². The second-order valence-electron chi connectivity index (χ2n) is 5.89. The second-order valence-corrected chi connectivity index (χ2v) is 5.89. The molecule has 0 atom stereocenters. The van der Waals surface area contributed by atoms with Gasteiger partial charge in [-0.1, -0.05) is 25.5 Å². The van der Waals surface area contributed by atoms with Gasteiger partial charge in [0.15, 0.2) is 6.61 Å². The Morgan fingerprint density at radius 2 is 1.68 bits per heavy atom. The quantitative estimate of drug-likeness (QED) is 0.525. The van der Waals surface area contributed by atoms with Gasteiger partial charge in [0, 0.05) is 0 Å². The summed E-state index contributed by atoms with van der Waals surface area (Å²) in [5.41, 5.74) is 0.804. The Morgan fingerprint density at radius 1 is 0.964 bits per heavy atom. The topological polar surface area (TPSA) is 90.9 Å². The number of carbonyl (C=O) groups is 3. The van der Waals surface area contributed by atoms with Gasteiger partial charge in [-0.05, 0) is 42.8 Å². The first-order chi connectivity index (χ1) is 13.5. The molecule has 148 valence electrons. The molecule has 2 aromatic carbocycles. The van der Waals surface area contributed by atoms with Gasteiger partial charge < -0.3 is 19.5 Å². The number of rotatable bonds is 9. The van der Waals surface area contributed by atoms with E-state index in [1.807, 2.05) is 0 Å². The molecule has 0 heterocycles. The molecule has 0 fully saturated rings. The van der Waals surface area contributed by atoms with Crippen LogP contribution < -0.4 is 10.1 Å². The number of carbonyl (C=O) groups excluding carboxylic acids is 3. The fraction of sp³-hybridized carbons (Fsp3) is 0.286. The van der Waals surface area contributed by atoms with Crippen molar-refractivity contribution in [2.75, 3.05) is 25.6 Å². The summed E-state index contributed by atoms with van der Waals surface area (Å²) in [5.74, 6) is -1.10. The minimum Gasteiger partial charge on any atom is -0.494 e. The summed E-state index contributed by atoms with van der Waals surface area (Å²) in [5, 5.41) is 2.53. The van der Waals surface area contributed by atoms with E-state index >= 15 is 0 Å². The Kier molecular flexibility index (Phi) is 8.02. The number of ether oxygens (including phenoxy) is 3. The van der Waals surface area contributed by atoms with E-state index in [9.17, 15) is 14.4 Å². The minimum absolute atomic E-state index is 0.211. The lowest BCUT2D eigenvalue weighted by Crippen LogP contribution is -2.22. The second kappa shape index (κ2) is 10.7. The van der Waals surface area contributed by atoms with Crippen LogP contribution in [-0.2, 0) is 14.3 Å². The van der Waals surface area contributed by atoms with E-state index in [1.54, 1.807) is 42.5 Å². The third-order valence-corrected chi connectivity index (χ3v) is 3.80. The Balaban J connectivity index is 1.87. The van der Waals surface area contributed by atoms with Gasteiger partial charge in [0.25, 0.3) is 5.91 Å². The van der Waals surface area contributed by atoms with Crippen LogP contribution in [0.4, 0.5) is 5.69 Å². The molecule has 7 heteroatoms. The lowest BCUT2D eigenvalue weighted by Gasteiger charge is -2.10. The Bertz CT molecular complexity index is 816. The smallest absolute Gasteiger partial charge is 0.339 e. The first-order valence-corrected chi connectivity index (χ1v) is 8.92. The number of amides is 1. The largest absolute Gasteiger partial charge is 0.494 e. The van der Waals surface area contributed by atoms with Crippen LogP contribution in [0.3, 0.4) is 0 Å². The van der Waals surface area contributed by atoms with Gasteiger partial charge in [0.1, 0.15) is 5.75 Å². The SMILES string of the molecule is CCCCOc1ccc(C(=O)OCC(=O)Nc2ccccc2C(=O)OC)cc1. The first kappa shape index (κ1) is 21.0. The van der Waals surface area contributed by atoms with E-state index in [1.165, 1.54) is 13.2 Å². The lowest BCUT2D eigenvalue weighted by atomic mass is 10.2. The fourth-order valence-corrected chi connectivity index (χ4v) is 2.30. The van der Waals surface area contributed by atoms with Crippen LogP contribution in [0.1, 0.15) is 40.5 Å². The normalized spacial score (nSPS) is 10.1. The molecule has 0 aromatic heterocycles. The van der Waals surface area contributed by atoms with Crippen molar-refractivity contribution >= 4 is 23.5 Å². The van der Waals surface area contributed by atoms with Crippen LogP contribution in [0.2, 0.25) is 0 Å². The molecule has 0 aliphatic carbocycles. The highest BCUT2D eigenvalue weighted by Crippen LogP contribution is 2.16. The van der Waals surface area contributed by atoms with Gasteiger partial charge in [-0.2, -0.15) is 0 Å². The monoisotopic (exact) mass is 385 g/mol. The van der Waals surface area contributed by atoms with Crippen LogP contribution in [0, 0.1) is 0 Å². The van der Waals surface area contributed by atoms with Crippen LogP contribution in [0.15, 0.2) is 48.5 Å². The van der Waals surface area contributed by atoms with Crippen LogP contribution in [0.5, 0.6) is 5.75 Å². The molecule has 28 heavy (non-hydrogen) atoms. The van der Waals surface area contributed by atoms with Gasteiger partial charge in [-0.15, -0.1) is 0 Å². The summed E-state index contributed by atoms with van der Waals surface area (Å²) in [7, 11) is 1.25. The number of nitrogens with one attached hydrogen (secondary N) is 1. The van der Waals surface area contributed by atoms with Crippen molar-refractivity contribution < 1.29 is 28.6 Å². The highest BCUT2D eigenvalue weighted by atomic mass is 16.5. The predicted molar refractivity (Wildman–Crippen MR) is 104 cm³/mol. The molecule has 7 nitrogen and oxygen atoms in total. The standard InChI is InChI=1S/C21H23NO6/c1-3-4-13-27-16-11-9-15(10-12-16)20(24)28-14-19(23)22-18-8-6-5-7-17(18)21(25)26-2/h5-12H,3-4,13-14H2,1-2H3,(H,22,23). The molecule has 0 saturated heterocycles. The number of unbranched alkanes of at least 4 members (excludes halogenated alkanes) is 1. The highest BCUT2D eigenvalue weighted by molar-refractivity contribution is 6.02. The predicted octanol–water partition coefficient (Wildman–Crippen LogP) is 3.45. The number of benzene rings is 2. The lowest BCUT2D eigenvalue weighted by molar-refractivity contribution is -0.119. The Labute approximate surface area is 163 Å². The average Bonchev–Trinajstić information content (AvgIpc) is 2.72. The number of para-hydroxylation sites is 1. The maximum absolute atomic E-state index is 12.1. The first-order valence-electron chi connectivity index (χ1n) is 8.92. The minimum atomic E-state index is -0.628. The van der Waals surface area contributed by atoms with Crippen molar-refractivity contribution in [3.8, 4) is 5.75 Å². The van der Waals surface area contributed by atoms with Gasteiger partial charge in [0.2, 0.25) is 0 Å². The molecular weight excluding hydrogens is 362 g/mol. The van der Waals surface area contributed by atoms with E-state index in [2.05, 4.69) is 17.0 Å². The molecular formula is C21H23NO6. The molecule has 2 aromatic rings. The van der Waals surface area contributed by atoms with Gasteiger partial charge >= 0.3 is 11.9 Å². The van der Waals surface area contributed by atoms with Crippen molar-refractivity contribution in [1.82, 2.24) is 0 Å². The molecule has 0 saturated carbocycles. The Morgan fingerprint density at radius 3 is 2.36 bits per heavy atom. The van der Waals surface area contributed by atoms with Crippen LogP contribution >= 0.6 is 0 Å².